The van der Waals surface area contributed by atoms with E-state index in [4.69, 9.17) is 0 Å². The van der Waals surface area contributed by atoms with Crippen molar-refractivity contribution in [1.82, 2.24) is 15.2 Å². The molecule has 2 heterocycles. The minimum Gasteiger partial charge on any atom is -0.391 e. The highest BCUT2D eigenvalue weighted by molar-refractivity contribution is 6.04. The molecule has 0 spiro atoms. The van der Waals surface area contributed by atoms with Crippen LogP contribution in [0, 0.1) is 17.3 Å². The van der Waals surface area contributed by atoms with Gasteiger partial charge in [-0.05, 0) is 55.4 Å². The zero-order valence-electron chi connectivity index (χ0n) is 20.7. The number of carbonyl (C=O) groups is 2. The van der Waals surface area contributed by atoms with Crippen LogP contribution in [0.25, 0.3) is 0 Å². The first-order valence-electron chi connectivity index (χ1n) is 13.1. The standard InChI is InChI=1S/C28H32FN5O3/c29-24-13-21(10-11-23(24)18-8-9-18)34(28(37)25-14-22(35)16-33(25)17-30)26(19-5-4-12-31-15-19)27(36)32-20-6-2-1-3-7-20/h4-5,10-13,15,18,20,22,25-26,35H,1-3,6-9,14,16H2,(H,32,36)/t22-,25-,26?/m1/s1. The first-order chi connectivity index (χ1) is 18.0. The number of pyridine rings is 1. The fraction of sp³-hybridized carbons (Fsp3) is 0.500. The van der Waals surface area contributed by atoms with Gasteiger partial charge in [0.1, 0.15) is 17.9 Å². The summed E-state index contributed by atoms with van der Waals surface area (Å²) < 4.78 is 15.2. The van der Waals surface area contributed by atoms with Gasteiger partial charge in [-0.1, -0.05) is 31.4 Å². The average molecular weight is 506 g/mol. The van der Waals surface area contributed by atoms with E-state index in [2.05, 4.69) is 10.3 Å². The van der Waals surface area contributed by atoms with Crippen LogP contribution in [0.1, 0.15) is 74.5 Å². The van der Waals surface area contributed by atoms with Gasteiger partial charge in [0.05, 0.1) is 12.6 Å². The van der Waals surface area contributed by atoms with E-state index >= 15 is 4.39 Å². The van der Waals surface area contributed by atoms with Crippen LogP contribution in [0.2, 0.25) is 0 Å². The Bertz CT molecular complexity index is 1180. The van der Waals surface area contributed by atoms with Crippen LogP contribution in [0.4, 0.5) is 10.1 Å². The van der Waals surface area contributed by atoms with Crippen LogP contribution in [0.15, 0.2) is 42.7 Å². The number of hydrogen-bond acceptors (Lipinski definition) is 6. The van der Waals surface area contributed by atoms with Gasteiger partial charge in [0, 0.05) is 36.1 Å². The van der Waals surface area contributed by atoms with E-state index in [0.717, 1.165) is 44.9 Å². The topological polar surface area (TPSA) is 110 Å². The number of β-amino-alcohol motifs (C(OH)–C–C–N with tert-alkyl or cyclic N) is 1. The molecule has 3 atom stereocenters. The van der Waals surface area contributed by atoms with Gasteiger partial charge in [-0.2, -0.15) is 5.26 Å². The van der Waals surface area contributed by atoms with E-state index < -0.39 is 29.9 Å². The third-order valence-corrected chi connectivity index (χ3v) is 7.67. The monoisotopic (exact) mass is 505 g/mol. The fourth-order valence-corrected chi connectivity index (χ4v) is 5.60. The van der Waals surface area contributed by atoms with Gasteiger partial charge in [-0.3, -0.25) is 24.4 Å². The number of nitrogens with one attached hydrogen (secondary N) is 1. The van der Waals surface area contributed by atoms with Crippen LogP contribution in [-0.2, 0) is 9.59 Å². The van der Waals surface area contributed by atoms with Crippen LogP contribution in [0.5, 0.6) is 0 Å². The number of halogens is 1. The predicted molar refractivity (Wildman–Crippen MR) is 135 cm³/mol. The Balaban J connectivity index is 1.57. The third-order valence-electron chi connectivity index (χ3n) is 7.67. The third kappa shape index (κ3) is 5.44. The van der Waals surface area contributed by atoms with E-state index in [1.165, 1.54) is 22.1 Å². The van der Waals surface area contributed by atoms with Crippen molar-refractivity contribution in [2.24, 2.45) is 0 Å². The summed E-state index contributed by atoms with van der Waals surface area (Å²) in [6.07, 6.45) is 11.1. The molecule has 5 rings (SSSR count). The molecule has 9 heteroatoms. The fourth-order valence-electron chi connectivity index (χ4n) is 5.60. The van der Waals surface area contributed by atoms with Gasteiger partial charge < -0.3 is 10.4 Å². The molecule has 1 unspecified atom stereocenters. The number of rotatable bonds is 7. The number of nitriles is 1. The summed E-state index contributed by atoms with van der Waals surface area (Å²) in [5, 5.41) is 23.0. The molecular formula is C28H32FN5O3. The number of likely N-dealkylation sites (tertiary alicyclic amines) is 1. The predicted octanol–water partition coefficient (Wildman–Crippen LogP) is 3.54. The number of nitrogens with zero attached hydrogens (tertiary/aromatic N) is 4. The zero-order chi connectivity index (χ0) is 25.9. The largest absolute Gasteiger partial charge is 0.391 e. The van der Waals surface area contributed by atoms with Gasteiger partial charge >= 0.3 is 0 Å². The molecule has 8 nitrogen and oxygen atoms in total. The van der Waals surface area contributed by atoms with Crippen molar-refractivity contribution >= 4 is 17.5 Å². The number of hydrogen-bond donors (Lipinski definition) is 2. The van der Waals surface area contributed by atoms with Crippen molar-refractivity contribution < 1.29 is 19.1 Å². The molecule has 0 bridgehead atoms. The van der Waals surface area contributed by atoms with Crippen LogP contribution in [0.3, 0.4) is 0 Å². The maximum absolute atomic E-state index is 15.2. The molecule has 3 aliphatic rings. The minimum absolute atomic E-state index is 0.00439. The lowest BCUT2D eigenvalue weighted by atomic mass is 9.94. The van der Waals surface area contributed by atoms with Gasteiger partial charge in [-0.25, -0.2) is 4.39 Å². The first-order valence-corrected chi connectivity index (χ1v) is 13.1. The lowest BCUT2D eigenvalue weighted by molar-refractivity contribution is -0.128. The highest BCUT2D eigenvalue weighted by Gasteiger charge is 2.43. The molecule has 2 N–H and O–H groups in total. The first kappa shape index (κ1) is 25.2. The Morgan fingerprint density at radius 3 is 2.62 bits per heavy atom. The summed E-state index contributed by atoms with van der Waals surface area (Å²) in [5.41, 5.74) is 1.33. The molecule has 37 heavy (non-hydrogen) atoms. The molecular weight excluding hydrogens is 473 g/mol. The van der Waals surface area contributed by atoms with Crippen molar-refractivity contribution in [3.05, 3.63) is 59.7 Å². The molecule has 2 saturated carbocycles. The molecule has 2 aromatic rings. The summed E-state index contributed by atoms with van der Waals surface area (Å²) in [6.45, 7) is 0.0293. The lowest BCUT2D eigenvalue weighted by Gasteiger charge is -2.35. The summed E-state index contributed by atoms with van der Waals surface area (Å²) >= 11 is 0. The number of benzene rings is 1. The summed E-state index contributed by atoms with van der Waals surface area (Å²) in [5.74, 6) is -1.15. The Morgan fingerprint density at radius 2 is 1.97 bits per heavy atom. The molecule has 2 amide bonds. The SMILES string of the molecule is N#CN1C[C@H](O)C[C@@H]1C(=O)N(c1ccc(C2CC2)c(F)c1)C(C(=O)NC1CCCCC1)c1cccnc1. The summed E-state index contributed by atoms with van der Waals surface area (Å²) in [4.78, 5) is 34.7. The van der Waals surface area contributed by atoms with E-state index in [-0.39, 0.29) is 36.5 Å². The summed E-state index contributed by atoms with van der Waals surface area (Å²) in [7, 11) is 0. The maximum atomic E-state index is 15.2. The molecule has 1 aromatic heterocycles. The van der Waals surface area contributed by atoms with Crippen LogP contribution < -0.4 is 10.2 Å². The number of amides is 2. The van der Waals surface area contributed by atoms with Gasteiger partial charge in [0.15, 0.2) is 6.19 Å². The number of aliphatic hydroxyl groups excluding tert-OH is 1. The molecule has 1 aliphatic heterocycles. The van der Waals surface area contributed by atoms with E-state index in [9.17, 15) is 20.0 Å². The second-order valence-electron chi connectivity index (χ2n) is 10.4. The number of aromatic nitrogens is 1. The van der Waals surface area contributed by atoms with Crippen LogP contribution >= 0.6 is 0 Å². The Hall–Kier alpha value is -3.51. The quantitative estimate of drug-likeness (QED) is 0.557. The van der Waals surface area contributed by atoms with Crippen LogP contribution in [-0.4, -0.2) is 51.5 Å². The number of anilines is 1. The molecule has 1 saturated heterocycles. The smallest absolute Gasteiger partial charge is 0.251 e. The normalized spacial score (nSPS) is 22.8. The van der Waals surface area contributed by atoms with Gasteiger partial charge in [0.2, 0.25) is 5.91 Å². The highest BCUT2D eigenvalue weighted by Crippen LogP contribution is 2.42. The van der Waals surface area contributed by atoms with E-state index in [1.54, 1.807) is 30.5 Å². The van der Waals surface area contributed by atoms with Crippen molar-refractivity contribution in [2.45, 2.75) is 81.5 Å². The molecule has 1 aromatic carbocycles. The minimum atomic E-state index is -1.12. The van der Waals surface area contributed by atoms with Crippen molar-refractivity contribution in [1.29, 1.82) is 5.26 Å². The number of carbonyl (C=O) groups excluding carboxylic acids is 2. The average Bonchev–Trinajstić information content (AvgIpc) is 3.68. The highest BCUT2D eigenvalue weighted by atomic mass is 19.1. The molecule has 3 fully saturated rings. The van der Waals surface area contributed by atoms with E-state index in [0.29, 0.717) is 11.1 Å². The zero-order valence-corrected chi connectivity index (χ0v) is 20.7. The van der Waals surface area contributed by atoms with Crippen molar-refractivity contribution in [3.8, 4) is 6.19 Å². The van der Waals surface area contributed by atoms with Crippen molar-refractivity contribution in [3.63, 3.8) is 0 Å². The molecule has 2 aliphatic carbocycles. The molecule has 0 radical (unpaired) electrons. The van der Waals surface area contributed by atoms with Gasteiger partial charge in [0.25, 0.3) is 5.91 Å². The second kappa shape index (κ2) is 10.9. The van der Waals surface area contributed by atoms with Gasteiger partial charge in [-0.15, -0.1) is 0 Å². The number of aliphatic hydroxyl groups is 1. The second-order valence-corrected chi connectivity index (χ2v) is 10.4. The Labute approximate surface area is 216 Å². The van der Waals surface area contributed by atoms with E-state index in [1.807, 2.05) is 6.19 Å². The molecule has 194 valence electrons. The summed E-state index contributed by atoms with van der Waals surface area (Å²) in [6, 6.07) is 6.00. The maximum Gasteiger partial charge on any atom is 0.251 e. The Morgan fingerprint density at radius 1 is 1.19 bits per heavy atom. The lowest BCUT2D eigenvalue weighted by Crippen LogP contribution is -2.51. The Kier molecular flexibility index (Phi) is 7.38. The van der Waals surface area contributed by atoms with Crippen molar-refractivity contribution in [2.75, 3.05) is 11.4 Å².